The van der Waals surface area contributed by atoms with Gasteiger partial charge in [0, 0.05) is 22.3 Å². The van der Waals surface area contributed by atoms with Crippen LogP contribution in [0.1, 0.15) is 54.0 Å². The second-order valence-corrected chi connectivity index (χ2v) is 7.78. The van der Waals surface area contributed by atoms with Crippen molar-refractivity contribution in [3.8, 4) is 11.8 Å². The molecule has 0 saturated heterocycles. The van der Waals surface area contributed by atoms with Crippen LogP contribution in [0.4, 0.5) is 23.2 Å². The van der Waals surface area contributed by atoms with Crippen molar-refractivity contribution < 1.29 is 17.6 Å². The topological polar surface area (TPSA) is 12.4 Å². The first-order chi connectivity index (χ1) is 16.4. The summed E-state index contributed by atoms with van der Waals surface area (Å²) in [7, 11) is 0. The highest BCUT2D eigenvalue weighted by molar-refractivity contribution is 7.78. The van der Waals surface area contributed by atoms with Crippen molar-refractivity contribution in [3.63, 3.8) is 0 Å². The van der Waals surface area contributed by atoms with Crippen molar-refractivity contribution in [2.45, 2.75) is 32.6 Å². The van der Waals surface area contributed by atoms with E-state index in [2.05, 4.69) is 36.0 Å². The van der Waals surface area contributed by atoms with Gasteiger partial charge >= 0.3 is 0 Å². The summed E-state index contributed by atoms with van der Waals surface area (Å²) in [6, 6.07) is 14.7. The van der Waals surface area contributed by atoms with E-state index in [-0.39, 0.29) is 16.7 Å². The first-order valence-electron chi connectivity index (χ1n) is 10.8. The van der Waals surface area contributed by atoms with E-state index in [0.717, 1.165) is 43.4 Å². The van der Waals surface area contributed by atoms with Crippen LogP contribution in [-0.4, -0.2) is 5.16 Å². The molecule has 3 aromatic rings. The van der Waals surface area contributed by atoms with Gasteiger partial charge in [-0.25, -0.2) is 17.6 Å². The van der Waals surface area contributed by atoms with Crippen molar-refractivity contribution in [2.75, 3.05) is 0 Å². The molecule has 6 heteroatoms. The number of aliphatic imine (C=N–C) groups is 1. The minimum Gasteiger partial charge on any atom is -0.204 e. The Morgan fingerprint density at radius 1 is 0.794 bits per heavy atom. The van der Waals surface area contributed by atoms with Gasteiger partial charge in [-0.2, -0.15) is 4.99 Å². The number of thiocarbonyl (C=S) groups is 1. The zero-order valence-corrected chi connectivity index (χ0v) is 19.3. The molecular weight excluding hydrogens is 458 g/mol. The van der Waals surface area contributed by atoms with Gasteiger partial charge in [0.05, 0.1) is 5.16 Å². The number of benzene rings is 3. The lowest BCUT2D eigenvalue weighted by Crippen LogP contribution is -1.88. The van der Waals surface area contributed by atoms with Crippen LogP contribution in [-0.2, 0) is 6.42 Å². The van der Waals surface area contributed by atoms with Crippen LogP contribution in [0.25, 0.3) is 11.7 Å². The van der Waals surface area contributed by atoms with Crippen LogP contribution in [0.3, 0.4) is 0 Å². The molecule has 3 aromatic carbocycles. The van der Waals surface area contributed by atoms with Gasteiger partial charge in [0.1, 0.15) is 5.69 Å². The number of hydrogen-bond acceptors (Lipinski definition) is 2. The zero-order valence-electron chi connectivity index (χ0n) is 18.5. The molecule has 172 valence electrons. The third kappa shape index (κ3) is 6.51. The lowest BCUT2D eigenvalue weighted by Gasteiger charge is -2.05. The molecule has 0 aromatic heterocycles. The summed E-state index contributed by atoms with van der Waals surface area (Å²) in [6.07, 6.45) is 4.23. The minimum absolute atomic E-state index is 0.0644. The Morgan fingerprint density at radius 3 is 1.85 bits per heavy atom. The Balaban J connectivity index is 1.75. The average molecular weight is 480 g/mol. The highest BCUT2D eigenvalue weighted by Crippen LogP contribution is 2.29. The number of halogens is 4. The summed E-state index contributed by atoms with van der Waals surface area (Å²) in [6.45, 7) is 2.13. The average Bonchev–Trinajstić information content (AvgIpc) is 2.85. The molecule has 0 spiro atoms. The van der Waals surface area contributed by atoms with Gasteiger partial charge < -0.3 is 0 Å². The van der Waals surface area contributed by atoms with Gasteiger partial charge in [-0.15, -0.1) is 0 Å². The van der Waals surface area contributed by atoms with E-state index in [1.807, 2.05) is 17.3 Å². The van der Waals surface area contributed by atoms with Crippen molar-refractivity contribution >= 4 is 34.7 Å². The van der Waals surface area contributed by atoms with E-state index in [1.54, 1.807) is 12.1 Å². The van der Waals surface area contributed by atoms with Gasteiger partial charge in [0.15, 0.2) is 23.3 Å². The van der Waals surface area contributed by atoms with Crippen molar-refractivity contribution in [3.05, 3.63) is 100 Å². The maximum Gasteiger partial charge on any atom is 0.166 e. The van der Waals surface area contributed by atoms with Crippen LogP contribution >= 0.6 is 12.2 Å². The molecule has 0 atom stereocenters. The maximum absolute atomic E-state index is 14.7. The quantitative estimate of drug-likeness (QED) is 0.0825. The van der Waals surface area contributed by atoms with Crippen molar-refractivity contribution in [2.24, 2.45) is 4.99 Å². The molecular formula is C28H21F4NS. The summed E-state index contributed by atoms with van der Waals surface area (Å²) in [5.74, 6) is 1.64. The van der Waals surface area contributed by atoms with Crippen LogP contribution < -0.4 is 0 Å². The smallest absolute Gasteiger partial charge is 0.166 e. The fraction of sp³-hybridized carbons (Fsp3) is 0.179. The summed E-state index contributed by atoms with van der Waals surface area (Å²) < 4.78 is 57.2. The number of hydrogen-bond donors (Lipinski definition) is 0. The van der Waals surface area contributed by atoms with Crippen LogP contribution in [0.2, 0.25) is 0 Å². The molecule has 0 aliphatic rings. The Labute approximate surface area is 201 Å². The third-order valence-corrected chi connectivity index (χ3v) is 5.22. The molecule has 0 N–H and O–H groups in total. The van der Waals surface area contributed by atoms with E-state index in [4.69, 9.17) is 0 Å². The minimum atomic E-state index is -0.975. The lowest BCUT2D eigenvalue weighted by atomic mass is 10.0. The lowest BCUT2D eigenvalue weighted by molar-refractivity contribution is 0.587. The molecule has 0 unspecified atom stereocenters. The summed E-state index contributed by atoms with van der Waals surface area (Å²) in [5, 5.41) is 1.92. The fourth-order valence-electron chi connectivity index (χ4n) is 3.28. The Bertz CT molecular complexity index is 1270. The Morgan fingerprint density at radius 2 is 1.32 bits per heavy atom. The SMILES string of the molecule is CCCCCc1ccc(C(F)=C(F)c2ccc(C#Cc3cc(F)c(N=C=S)c(F)c3)cc2)cc1. The summed E-state index contributed by atoms with van der Waals surface area (Å²) in [4.78, 5) is 3.34. The first-order valence-corrected chi connectivity index (χ1v) is 11.2. The predicted octanol–water partition coefficient (Wildman–Crippen LogP) is 8.60. The van der Waals surface area contributed by atoms with E-state index >= 15 is 0 Å². The molecule has 34 heavy (non-hydrogen) atoms. The number of unbranched alkanes of at least 4 members (excludes halogenated alkanes) is 2. The second kappa shape index (κ2) is 12.1. The largest absolute Gasteiger partial charge is 0.204 e. The third-order valence-electron chi connectivity index (χ3n) is 5.13. The van der Waals surface area contributed by atoms with E-state index in [1.165, 1.54) is 24.3 Å². The standard InChI is InChI=1S/C28H21F4NS/c1-2-3-4-5-19-8-12-22(13-9-19)26(31)27(32)23-14-10-20(11-15-23)6-7-21-16-24(29)28(33-18-34)25(30)17-21/h8-17H,2-5H2,1H3. The van der Waals surface area contributed by atoms with Gasteiger partial charge in [-0.05, 0) is 54.9 Å². The first kappa shape index (κ1) is 25.1. The van der Waals surface area contributed by atoms with Crippen LogP contribution in [0, 0.1) is 23.5 Å². The normalized spacial score (nSPS) is 11.2. The fourth-order valence-corrected chi connectivity index (χ4v) is 3.38. The molecule has 0 aliphatic heterocycles. The molecule has 0 aliphatic carbocycles. The molecule has 0 heterocycles. The van der Waals surface area contributed by atoms with Gasteiger partial charge in [0.2, 0.25) is 0 Å². The van der Waals surface area contributed by atoms with E-state index in [9.17, 15) is 17.6 Å². The predicted molar refractivity (Wildman–Crippen MR) is 132 cm³/mol. The Hall–Kier alpha value is -3.52. The highest BCUT2D eigenvalue weighted by atomic mass is 32.1. The highest BCUT2D eigenvalue weighted by Gasteiger charge is 2.12. The molecule has 3 rings (SSSR count). The monoisotopic (exact) mass is 479 g/mol. The number of aryl methyl sites for hydroxylation is 1. The summed E-state index contributed by atoms with van der Waals surface area (Å²) >= 11 is 4.37. The summed E-state index contributed by atoms with van der Waals surface area (Å²) in [5.41, 5.74) is 1.36. The second-order valence-electron chi connectivity index (χ2n) is 7.60. The van der Waals surface area contributed by atoms with E-state index < -0.39 is 29.0 Å². The van der Waals surface area contributed by atoms with E-state index in [0.29, 0.717) is 5.56 Å². The van der Waals surface area contributed by atoms with Gasteiger partial charge in [-0.3, -0.25) is 0 Å². The van der Waals surface area contributed by atoms with Crippen molar-refractivity contribution in [1.82, 2.24) is 0 Å². The van der Waals surface area contributed by atoms with Crippen LogP contribution in [0.15, 0.2) is 65.7 Å². The molecule has 0 bridgehead atoms. The van der Waals surface area contributed by atoms with Crippen LogP contribution in [0.5, 0.6) is 0 Å². The van der Waals surface area contributed by atoms with Gasteiger partial charge in [-0.1, -0.05) is 68.0 Å². The molecule has 1 nitrogen and oxygen atoms in total. The molecule has 0 saturated carbocycles. The zero-order chi connectivity index (χ0) is 24.5. The molecule has 0 amide bonds. The maximum atomic E-state index is 14.7. The van der Waals surface area contributed by atoms with Gasteiger partial charge in [0.25, 0.3) is 0 Å². The van der Waals surface area contributed by atoms with Crippen molar-refractivity contribution in [1.29, 1.82) is 0 Å². The Kier molecular flexibility index (Phi) is 8.93. The number of isothiocyanates is 1. The molecule has 0 fully saturated rings. The number of nitrogens with zero attached hydrogens (tertiary/aromatic N) is 1. The number of rotatable bonds is 7. The molecule has 0 radical (unpaired) electrons.